The molecule has 0 spiro atoms. The summed E-state index contributed by atoms with van der Waals surface area (Å²) in [5, 5.41) is 0. The number of nitrogens with zero attached hydrogens (tertiary/aromatic N) is 3. The molecule has 2 aromatic rings. The first-order valence-corrected chi connectivity index (χ1v) is 7.91. The van der Waals surface area contributed by atoms with Crippen LogP contribution in [0.1, 0.15) is 35.1 Å². The van der Waals surface area contributed by atoms with Crippen LogP contribution in [0.25, 0.3) is 0 Å². The molecular formula is C17H19N3O3. The van der Waals surface area contributed by atoms with E-state index in [1.165, 1.54) is 0 Å². The predicted molar refractivity (Wildman–Crippen MR) is 83.7 cm³/mol. The van der Waals surface area contributed by atoms with E-state index in [9.17, 15) is 4.79 Å². The number of fused-ring (bicyclic) bond motifs is 1. The Bertz CT molecular complexity index is 740. The van der Waals surface area contributed by atoms with Crippen molar-refractivity contribution in [1.82, 2.24) is 14.5 Å². The van der Waals surface area contributed by atoms with E-state index in [1.807, 2.05) is 30.3 Å². The van der Waals surface area contributed by atoms with Gasteiger partial charge >= 0.3 is 0 Å². The Labute approximate surface area is 134 Å². The van der Waals surface area contributed by atoms with Gasteiger partial charge in [0.25, 0.3) is 5.91 Å². The second-order valence-corrected chi connectivity index (χ2v) is 6.00. The van der Waals surface area contributed by atoms with Gasteiger partial charge in [0.15, 0.2) is 11.5 Å². The molecule has 1 aromatic carbocycles. The van der Waals surface area contributed by atoms with Crippen LogP contribution in [0, 0.1) is 6.92 Å². The van der Waals surface area contributed by atoms with Crippen LogP contribution in [-0.4, -0.2) is 40.2 Å². The summed E-state index contributed by atoms with van der Waals surface area (Å²) in [5.41, 5.74) is 0.650. The maximum absolute atomic E-state index is 12.8. The Morgan fingerprint density at radius 3 is 3.00 bits per heavy atom. The van der Waals surface area contributed by atoms with Crippen LogP contribution in [0.4, 0.5) is 0 Å². The molecule has 6 nitrogen and oxygen atoms in total. The van der Waals surface area contributed by atoms with Crippen molar-refractivity contribution in [2.75, 3.05) is 19.9 Å². The molecule has 23 heavy (non-hydrogen) atoms. The fourth-order valence-corrected chi connectivity index (χ4v) is 3.35. The maximum Gasteiger partial charge on any atom is 0.254 e. The van der Waals surface area contributed by atoms with E-state index in [0.29, 0.717) is 29.6 Å². The lowest BCUT2D eigenvalue weighted by atomic mass is 10.0. The molecule has 1 saturated heterocycles. The third-order valence-corrected chi connectivity index (χ3v) is 4.56. The van der Waals surface area contributed by atoms with Gasteiger partial charge in [-0.1, -0.05) is 0 Å². The van der Waals surface area contributed by atoms with Gasteiger partial charge in [-0.25, -0.2) is 4.98 Å². The number of imidazole rings is 1. The number of benzene rings is 1. The van der Waals surface area contributed by atoms with E-state index in [0.717, 1.165) is 25.2 Å². The summed E-state index contributed by atoms with van der Waals surface area (Å²) < 4.78 is 12.8. The number of piperidine rings is 1. The quantitative estimate of drug-likeness (QED) is 0.854. The number of aromatic nitrogens is 2. The van der Waals surface area contributed by atoms with Crippen LogP contribution in [0.15, 0.2) is 30.6 Å². The van der Waals surface area contributed by atoms with Gasteiger partial charge < -0.3 is 18.9 Å². The standard InChI is InChI=1S/C17H19N3O3/c1-12-18-6-8-20(12)14-3-2-7-19(10-14)17(21)13-4-5-15-16(9-13)23-11-22-15/h4-6,8-9,14H,2-3,7,10-11H2,1H3. The van der Waals surface area contributed by atoms with Crippen LogP contribution >= 0.6 is 0 Å². The fraction of sp³-hybridized carbons (Fsp3) is 0.412. The predicted octanol–water partition coefficient (Wildman–Crippen LogP) is 2.40. The highest BCUT2D eigenvalue weighted by Gasteiger charge is 2.27. The van der Waals surface area contributed by atoms with Crippen LogP contribution in [0.5, 0.6) is 11.5 Å². The lowest BCUT2D eigenvalue weighted by Crippen LogP contribution is -2.40. The molecule has 0 radical (unpaired) electrons. The van der Waals surface area contributed by atoms with E-state index in [1.54, 1.807) is 12.1 Å². The van der Waals surface area contributed by atoms with Crippen molar-refractivity contribution in [2.24, 2.45) is 0 Å². The Balaban J connectivity index is 1.53. The molecule has 0 saturated carbocycles. The number of carbonyl (C=O) groups excluding carboxylic acids is 1. The first-order chi connectivity index (χ1) is 11.2. The maximum atomic E-state index is 12.8. The van der Waals surface area contributed by atoms with E-state index in [-0.39, 0.29) is 12.7 Å². The first-order valence-electron chi connectivity index (χ1n) is 7.91. The van der Waals surface area contributed by atoms with Crippen molar-refractivity contribution < 1.29 is 14.3 Å². The molecule has 1 fully saturated rings. The van der Waals surface area contributed by atoms with Crippen LogP contribution < -0.4 is 9.47 Å². The van der Waals surface area contributed by atoms with E-state index >= 15 is 0 Å². The lowest BCUT2D eigenvalue weighted by Gasteiger charge is -2.34. The highest BCUT2D eigenvalue weighted by molar-refractivity contribution is 5.95. The molecule has 0 aliphatic carbocycles. The molecule has 3 heterocycles. The Morgan fingerprint density at radius 2 is 2.17 bits per heavy atom. The Hall–Kier alpha value is -2.50. The molecule has 120 valence electrons. The van der Waals surface area contributed by atoms with Crippen LogP contribution in [0.3, 0.4) is 0 Å². The zero-order chi connectivity index (χ0) is 15.8. The minimum atomic E-state index is 0.0470. The highest BCUT2D eigenvalue weighted by atomic mass is 16.7. The van der Waals surface area contributed by atoms with Crippen LogP contribution in [0.2, 0.25) is 0 Å². The first kappa shape index (κ1) is 14.1. The van der Waals surface area contributed by atoms with Crippen molar-refractivity contribution in [3.63, 3.8) is 0 Å². The number of rotatable bonds is 2. The second-order valence-electron chi connectivity index (χ2n) is 6.00. The van der Waals surface area contributed by atoms with Gasteiger partial charge in [-0.3, -0.25) is 4.79 Å². The van der Waals surface area contributed by atoms with Crippen molar-refractivity contribution in [3.05, 3.63) is 42.0 Å². The number of hydrogen-bond donors (Lipinski definition) is 0. The van der Waals surface area contributed by atoms with Gasteiger partial charge in [0.05, 0.1) is 6.04 Å². The molecule has 4 rings (SSSR count). The molecule has 2 aliphatic heterocycles. The minimum Gasteiger partial charge on any atom is -0.454 e. The third-order valence-electron chi connectivity index (χ3n) is 4.56. The number of ether oxygens (including phenoxy) is 2. The zero-order valence-electron chi connectivity index (χ0n) is 13.1. The second kappa shape index (κ2) is 5.61. The number of hydrogen-bond acceptors (Lipinski definition) is 4. The molecule has 1 aromatic heterocycles. The normalized spacial score (nSPS) is 19.9. The SMILES string of the molecule is Cc1nccn1C1CCCN(C(=O)c2ccc3c(c2)OCO3)C1. The van der Waals surface area contributed by atoms with Gasteiger partial charge in [-0.05, 0) is 38.0 Å². The van der Waals surface area contributed by atoms with Crippen molar-refractivity contribution >= 4 is 5.91 Å². The lowest BCUT2D eigenvalue weighted by molar-refractivity contribution is 0.0678. The van der Waals surface area contributed by atoms with Crippen molar-refractivity contribution in [2.45, 2.75) is 25.8 Å². The van der Waals surface area contributed by atoms with Gasteiger partial charge in [0.2, 0.25) is 6.79 Å². The molecule has 1 atom stereocenters. The van der Waals surface area contributed by atoms with Crippen molar-refractivity contribution in [3.8, 4) is 11.5 Å². The third kappa shape index (κ3) is 2.54. The monoisotopic (exact) mass is 313 g/mol. The smallest absolute Gasteiger partial charge is 0.254 e. The number of amides is 1. The van der Waals surface area contributed by atoms with E-state index in [4.69, 9.17) is 9.47 Å². The largest absolute Gasteiger partial charge is 0.454 e. The molecule has 1 amide bonds. The van der Waals surface area contributed by atoms with Gasteiger partial charge in [0, 0.05) is 31.0 Å². The van der Waals surface area contributed by atoms with E-state index in [2.05, 4.69) is 9.55 Å². The summed E-state index contributed by atoms with van der Waals surface area (Å²) in [5.74, 6) is 2.39. The summed E-state index contributed by atoms with van der Waals surface area (Å²) in [6.45, 7) is 3.72. The summed E-state index contributed by atoms with van der Waals surface area (Å²) >= 11 is 0. The van der Waals surface area contributed by atoms with Crippen LogP contribution in [-0.2, 0) is 0 Å². The van der Waals surface area contributed by atoms with Crippen molar-refractivity contribution in [1.29, 1.82) is 0 Å². The van der Waals surface area contributed by atoms with Gasteiger partial charge in [0.1, 0.15) is 5.82 Å². The van der Waals surface area contributed by atoms with Gasteiger partial charge in [-0.15, -0.1) is 0 Å². The number of likely N-dealkylation sites (tertiary alicyclic amines) is 1. The molecule has 1 unspecified atom stereocenters. The van der Waals surface area contributed by atoms with Gasteiger partial charge in [-0.2, -0.15) is 0 Å². The van der Waals surface area contributed by atoms with E-state index < -0.39 is 0 Å². The zero-order valence-corrected chi connectivity index (χ0v) is 13.1. The summed E-state index contributed by atoms with van der Waals surface area (Å²) in [4.78, 5) is 19.0. The molecule has 0 bridgehead atoms. The number of aryl methyl sites for hydroxylation is 1. The molecule has 6 heteroatoms. The average Bonchev–Trinajstić information content (AvgIpc) is 3.22. The minimum absolute atomic E-state index is 0.0470. The fourth-order valence-electron chi connectivity index (χ4n) is 3.35. The Morgan fingerprint density at radius 1 is 1.30 bits per heavy atom. The summed E-state index contributed by atoms with van der Waals surface area (Å²) in [6, 6.07) is 5.68. The molecule has 0 N–H and O–H groups in total. The summed E-state index contributed by atoms with van der Waals surface area (Å²) in [7, 11) is 0. The Kier molecular flexibility index (Phi) is 3.44. The number of carbonyl (C=O) groups is 1. The molecular weight excluding hydrogens is 294 g/mol. The topological polar surface area (TPSA) is 56.6 Å². The summed E-state index contributed by atoms with van der Waals surface area (Å²) in [6.07, 6.45) is 5.88. The highest BCUT2D eigenvalue weighted by Crippen LogP contribution is 2.33. The molecule has 2 aliphatic rings. The average molecular weight is 313 g/mol.